The Kier molecular flexibility index (Phi) is 3.47. The lowest BCUT2D eigenvalue weighted by molar-refractivity contribution is 0.0624. The van der Waals surface area contributed by atoms with Gasteiger partial charge in [0.05, 0.1) is 12.1 Å². The van der Waals surface area contributed by atoms with E-state index in [1.54, 1.807) is 7.11 Å². The molecule has 16 heavy (non-hydrogen) atoms. The molecule has 88 valence electrons. The van der Waals surface area contributed by atoms with E-state index < -0.39 is 0 Å². The maximum Gasteiger partial charge on any atom is 0.123 e. The minimum Gasteiger partial charge on any atom is -0.379 e. The molecule has 2 N–H and O–H groups in total. The standard InChI is InChI=1S/C12H15ClFNO/c1-16-12(7-2-3-7)11(15)9-6-8(14)4-5-10(9)13/h4-7,11-12H,2-3,15H2,1H3. The van der Waals surface area contributed by atoms with Gasteiger partial charge in [0, 0.05) is 12.1 Å². The zero-order chi connectivity index (χ0) is 11.7. The summed E-state index contributed by atoms with van der Waals surface area (Å²) in [4.78, 5) is 0. The van der Waals surface area contributed by atoms with Crippen molar-refractivity contribution in [1.82, 2.24) is 0 Å². The maximum atomic E-state index is 13.1. The van der Waals surface area contributed by atoms with Crippen molar-refractivity contribution in [3.05, 3.63) is 34.6 Å². The van der Waals surface area contributed by atoms with E-state index in [-0.39, 0.29) is 18.0 Å². The molecule has 2 unspecified atom stereocenters. The van der Waals surface area contributed by atoms with Gasteiger partial charge in [-0.25, -0.2) is 4.39 Å². The fraction of sp³-hybridized carbons (Fsp3) is 0.500. The van der Waals surface area contributed by atoms with Crippen LogP contribution in [0.4, 0.5) is 4.39 Å². The Morgan fingerprint density at radius 1 is 1.50 bits per heavy atom. The molecule has 1 saturated carbocycles. The van der Waals surface area contributed by atoms with Crippen LogP contribution in [0.1, 0.15) is 24.4 Å². The molecule has 0 spiro atoms. The van der Waals surface area contributed by atoms with Gasteiger partial charge >= 0.3 is 0 Å². The Hall–Kier alpha value is -0.640. The Balaban J connectivity index is 2.24. The molecule has 2 rings (SSSR count). The smallest absolute Gasteiger partial charge is 0.123 e. The summed E-state index contributed by atoms with van der Waals surface area (Å²) >= 11 is 6.01. The van der Waals surface area contributed by atoms with Crippen molar-refractivity contribution >= 4 is 11.6 Å². The van der Waals surface area contributed by atoms with Crippen LogP contribution < -0.4 is 5.73 Å². The second kappa shape index (κ2) is 4.70. The molecule has 1 aliphatic carbocycles. The van der Waals surface area contributed by atoms with E-state index in [0.29, 0.717) is 16.5 Å². The van der Waals surface area contributed by atoms with Gasteiger partial charge in [-0.15, -0.1) is 0 Å². The molecule has 2 atom stereocenters. The first-order valence-corrected chi connectivity index (χ1v) is 5.74. The van der Waals surface area contributed by atoms with Crippen LogP contribution in [0.15, 0.2) is 18.2 Å². The molecular weight excluding hydrogens is 229 g/mol. The van der Waals surface area contributed by atoms with Gasteiger partial charge in [-0.3, -0.25) is 0 Å². The molecule has 1 aromatic rings. The Bertz CT molecular complexity index is 381. The fourth-order valence-electron chi connectivity index (χ4n) is 2.00. The molecule has 0 heterocycles. The molecule has 0 bridgehead atoms. The Morgan fingerprint density at radius 2 is 2.19 bits per heavy atom. The minimum atomic E-state index is -0.360. The van der Waals surface area contributed by atoms with Crippen molar-refractivity contribution in [2.24, 2.45) is 11.7 Å². The summed E-state index contributed by atoms with van der Waals surface area (Å²) in [5, 5.41) is 0.497. The topological polar surface area (TPSA) is 35.2 Å². The maximum absolute atomic E-state index is 13.1. The summed E-state index contributed by atoms with van der Waals surface area (Å²) in [5.41, 5.74) is 6.71. The molecule has 0 saturated heterocycles. The van der Waals surface area contributed by atoms with Crippen molar-refractivity contribution in [3.63, 3.8) is 0 Å². The van der Waals surface area contributed by atoms with Gasteiger partial charge in [0.25, 0.3) is 0 Å². The summed E-state index contributed by atoms with van der Waals surface area (Å²) in [5.74, 6) is 0.167. The highest BCUT2D eigenvalue weighted by molar-refractivity contribution is 6.31. The minimum absolute atomic E-state index is 0.0701. The van der Waals surface area contributed by atoms with Crippen molar-refractivity contribution in [2.75, 3.05) is 7.11 Å². The van der Waals surface area contributed by atoms with Crippen LogP contribution in [0, 0.1) is 11.7 Å². The molecule has 0 amide bonds. The molecule has 2 nitrogen and oxygen atoms in total. The van der Waals surface area contributed by atoms with E-state index in [0.717, 1.165) is 12.8 Å². The number of hydrogen-bond acceptors (Lipinski definition) is 2. The van der Waals surface area contributed by atoms with E-state index in [1.807, 2.05) is 0 Å². The fourth-order valence-corrected chi connectivity index (χ4v) is 2.25. The monoisotopic (exact) mass is 243 g/mol. The van der Waals surface area contributed by atoms with Crippen LogP contribution in [0.5, 0.6) is 0 Å². The van der Waals surface area contributed by atoms with Crippen LogP contribution in [-0.4, -0.2) is 13.2 Å². The van der Waals surface area contributed by atoms with Gasteiger partial charge in [-0.1, -0.05) is 11.6 Å². The zero-order valence-corrected chi connectivity index (χ0v) is 9.88. The number of halogens is 2. The number of methoxy groups -OCH3 is 1. The van der Waals surface area contributed by atoms with Crippen LogP contribution in [0.3, 0.4) is 0 Å². The van der Waals surface area contributed by atoms with Gasteiger partial charge in [0.15, 0.2) is 0 Å². The highest BCUT2D eigenvalue weighted by Crippen LogP contribution is 2.40. The highest BCUT2D eigenvalue weighted by atomic mass is 35.5. The number of benzene rings is 1. The number of ether oxygens (including phenoxy) is 1. The summed E-state index contributed by atoms with van der Waals surface area (Å²) in [6.07, 6.45) is 2.18. The molecule has 0 aliphatic heterocycles. The average Bonchev–Trinajstić information content (AvgIpc) is 3.07. The predicted molar refractivity (Wildman–Crippen MR) is 61.9 cm³/mol. The molecule has 1 aliphatic rings. The Labute approximate surface area is 99.5 Å². The molecule has 0 aromatic heterocycles. The van der Waals surface area contributed by atoms with Gasteiger partial charge in [0.2, 0.25) is 0 Å². The molecule has 1 fully saturated rings. The molecule has 4 heteroatoms. The van der Waals surface area contributed by atoms with Crippen LogP contribution in [0.2, 0.25) is 5.02 Å². The van der Waals surface area contributed by atoms with Gasteiger partial charge in [-0.05, 0) is 42.5 Å². The van der Waals surface area contributed by atoms with Crippen molar-refractivity contribution in [1.29, 1.82) is 0 Å². The van der Waals surface area contributed by atoms with E-state index >= 15 is 0 Å². The zero-order valence-electron chi connectivity index (χ0n) is 9.12. The lowest BCUT2D eigenvalue weighted by Crippen LogP contribution is -2.30. The van der Waals surface area contributed by atoms with Gasteiger partial charge < -0.3 is 10.5 Å². The second-order valence-corrected chi connectivity index (χ2v) is 4.64. The first kappa shape index (κ1) is 11.8. The van der Waals surface area contributed by atoms with E-state index in [1.165, 1.54) is 18.2 Å². The van der Waals surface area contributed by atoms with Crippen LogP contribution >= 0.6 is 11.6 Å². The summed E-state index contributed by atoms with van der Waals surface area (Å²) in [7, 11) is 1.63. The van der Waals surface area contributed by atoms with Crippen LogP contribution in [0.25, 0.3) is 0 Å². The lowest BCUT2D eigenvalue weighted by atomic mass is 9.99. The summed E-state index contributed by atoms with van der Waals surface area (Å²) in [6.45, 7) is 0. The lowest BCUT2D eigenvalue weighted by Gasteiger charge is -2.23. The third-order valence-corrected chi connectivity index (χ3v) is 3.37. The number of rotatable bonds is 4. The normalized spacial score (nSPS) is 19.5. The highest BCUT2D eigenvalue weighted by Gasteiger charge is 2.36. The first-order valence-electron chi connectivity index (χ1n) is 5.37. The van der Waals surface area contributed by atoms with Crippen molar-refractivity contribution < 1.29 is 9.13 Å². The largest absolute Gasteiger partial charge is 0.379 e. The van der Waals surface area contributed by atoms with E-state index in [2.05, 4.69) is 0 Å². The quantitative estimate of drug-likeness (QED) is 0.883. The molecule has 0 radical (unpaired) electrons. The van der Waals surface area contributed by atoms with Crippen molar-refractivity contribution in [3.8, 4) is 0 Å². The number of hydrogen-bond donors (Lipinski definition) is 1. The average molecular weight is 244 g/mol. The summed E-state index contributed by atoms with van der Waals surface area (Å²) in [6, 6.07) is 3.89. The third-order valence-electron chi connectivity index (χ3n) is 3.03. The Morgan fingerprint density at radius 3 is 2.75 bits per heavy atom. The van der Waals surface area contributed by atoms with Gasteiger partial charge in [0.1, 0.15) is 5.82 Å². The van der Waals surface area contributed by atoms with Gasteiger partial charge in [-0.2, -0.15) is 0 Å². The SMILES string of the molecule is COC(C1CC1)C(N)c1cc(F)ccc1Cl. The van der Waals surface area contributed by atoms with E-state index in [9.17, 15) is 4.39 Å². The predicted octanol–water partition coefficient (Wildman–Crippen LogP) is 2.90. The number of nitrogens with two attached hydrogens (primary N) is 1. The molecule has 1 aromatic carbocycles. The van der Waals surface area contributed by atoms with Crippen LogP contribution in [-0.2, 0) is 4.74 Å². The molecular formula is C12H15ClFNO. The van der Waals surface area contributed by atoms with E-state index in [4.69, 9.17) is 22.1 Å². The van der Waals surface area contributed by atoms with Crippen molar-refractivity contribution in [2.45, 2.75) is 25.0 Å². The third kappa shape index (κ3) is 2.37. The summed E-state index contributed by atoms with van der Waals surface area (Å²) < 4.78 is 18.5. The second-order valence-electron chi connectivity index (χ2n) is 4.23. The first-order chi connectivity index (χ1) is 7.63.